The maximum absolute atomic E-state index is 13.2. The number of hydrogen-bond acceptors (Lipinski definition) is 15. The van der Waals surface area contributed by atoms with Crippen molar-refractivity contribution < 1.29 is 56.8 Å². The number of aliphatic hydroxyl groups excluding tert-OH is 3. The quantitative estimate of drug-likeness (QED) is 0.142. The number of aliphatic imine (C=N–C) groups is 3. The minimum absolute atomic E-state index is 0.484. The van der Waals surface area contributed by atoms with Gasteiger partial charge in [-0.3, -0.25) is 15.0 Å². The van der Waals surface area contributed by atoms with Gasteiger partial charge in [-0.05, 0) is 26.0 Å². The Morgan fingerprint density at radius 3 is 2.33 bits per heavy atom. The van der Waals surface area contributed by atoms with Crippen LogP contribution in [0.5, 0.6) is 0 Å². The molecule has 5 atom stereocenters. The number of fused-ring (bicyclic) bond motifs is 1. The molecule has 1 aromatic carbocycles. The van der Waals surface area contributed by atoms with Crippen molar-refractivity contribution >= 4 is 46.1 Å². The van der Waals surface area contributed by atoms with E-state index in [9.17, 15) is 38.4 Å². The Balaban J connectivity index is 1.88. The first kappa shape index (κ1) is 29.2. The second kappa shape index (κ2) is 9.39. The Morgan fingerprint density at radius 1 is 1.18 bits per heavy atom. The Hall–Kier alpha value is -3.81. The molecule has 0 bridgehead atoms. The van der Waals surface area contributed by atoms with Crippen molar-refractivity contribution in [1.29, 1.82) is 5.41 Å². The molecule has 0 spiro atoms. The van der Waals surface area contributed by atoms with Gasteiger partial charge in [0.05, 0.1) is 4.90 Å². The van der Waals surface area contributed by atoms with Crippen LogP contribution in [0.4, 0.5) is 0 Å². The molecule has 1 fully saturated rings. The molecule has 0 radical (unpaired) electrons. The van der Waals surface area contributed by atoms with Crippen LogP contribution in [0.2, 0.25) is 0 Å². The van der Waals surface area contributed by atoms with Gasteiger partial charge in [-0.2, -0.15) is 13.4 Å². The maximum atomic E-state index is 13.2. The number of nitrogens with one attached hydrogen (secondary N) is 1. The van der Waals surface area contributed by atoms with Gasteiger partial charge in [-0.25, -0.2) is 19.1 Å². The number of esters is 2. The van der Waals surface area contributed by atoms with Crippen LogP contribution in [0.3, 0.4) is 0 Å². The van der Waals surface area contributed by atoms with E-state index in [4.69, 9.17) is 23.8 Å². The number of benzene rings is 1. The molecular weight excluding hydrogens is 558 g/mol. The highest BCUT2D eigenvalue weighted by Crippen LogP contribution is 2.51. The monoisotopic (exact) mass is 583 g/mol. The number of aliphatic hydroxyl groups is 4. The Morgan fingerprint density at radius 2 is 1.77 bits per heavy atom. The van der Waals surface area contributed by atoms with Crippen LogP contribution < -0.4 is 0 Å². The summed E-state index contributed by atoms with van der Waals surface area (Å²) in [7, 11) is -4.97. The van der Waals surface area contributed by atoms with E-state index >= 15 is 0 Å². The zero-order chi connectivity index (χ0) is 29.9. The Bertz CT molecular complexity index is 1480. The van der Waals surface area contributed by atoms with Crippen LogP contribution in [0.25, 0.3) is 0 Å². The lowest BCUT2D eigenvalue weighted by molar-refractivity contribution is -0.349. The van der Waals surface area contributed by atoms with Crippen molar-refractivity contribution in [3.05, 3.63) is 29.8 Å². The fourth-order valence-electron chi connectivity index (χ4n) is 4.49. The van der Waals surface area contributed by atoms with E-state index in [1.54, 1.807) is 6.92 Å². The smallest absolute Gasteiger partial charge is 0.326 e. The van der Waals surface area contributed by atoms with Gasteiger partial charge in [0, 0.05) is 13.8 Å². The van der Waals surface area contributed by atoms with E-state index in [0.29, 0.717) is 10.5 Å². The van der Waals surface area contributed by atoms with Crippen LogP contribution in [-0.2, 0) is 38.1 Å². The van der Waals surface area contributed by atoms with Gasteiger partial charge in [-0.1, -0.05) is 17.7 Å². The van der Waals surface area contributed by atoms with Gasteiger partial charge in [0.25, 0.3) is 27.7 Å². The lowest BCUT2D eigenvalue weighted by atomic mass is 9.96. The second-order valence-corrected chi connectivity index (χ2v) is 10.7. The summed E-state index contributed by atoms with van der Waals surface area (Å²) in [5.74, 6) is -10.3. The van der Waals surface area contributed by atoms with E-state index in [2.05, 4.69) is 15.0 Å². The molecule has 0 amide bonds. The number of hydrogen-bond donors (Lipinski definition) is 5. The molecule has 0 aromatic heterocycles. The summed E-state index contributed by atoms with van der Waals surface area (Å²) in [6, 6.07) is 3.99. The predicted octanol–water partition coefficient (Wildman–Crippen LogP) is -1.35. The highest BCUT2D eigenvalue weighted by atomic mass is 32.2. The first-order valence-electron chi connectivity index (χ1n) is 11.4. The number of aryl methyl sites for hydroxylation is 1. The standard InChI is InChI=1S/C22H25N5O12S/c1-11-5-7-14(8-6-11)40(34,35)39-22(33)15(31)19(4,38-20(22,9-28)36-12(2)29)27-17-21(26-18(27)32,37-13(3)30)16(23)24-10-25-17/h5-8,10,15,23,28,31,33H,9H2,1-4H3,(H,26,32)/t15-,19+,20+,21?,22+/m0/s1. The minimum atomic E-state index is -4.97. The zero-order valence-electron chi connectivity index (χ0n) is 21.4. The average Bonchev–Trinajstić information content (AvgIpc) is 3.22. The summed E-state index contributed by atoms with van der Waals surface area (Å²) in [6.45, 7) is 2.96. The lowest BCUT2D eigenvalue weighted by Crippen LogP contribution is -2.65. The fourth-order valence-corrected chi connectivity index (χ4v) is 5.61. The molecule has 0 saturated carbocycles. The summed E-state index contributed by atoms with van der Waals surface area (Å²) >= 11 is 0. The number of ether oxygens (including phenoxy) is 3. The molecule has 5 N–H and O–H groups in total. The number of carbonyl (C=O) groups excluding carboxylic acids is 2. The molecule has 216 valence electrons. The van der Waals surface area contributed by atoms with E-state index in [0.717, 1.165) is 39.2 Å². The fraction of sp³-hybridized carbons (Fsp3) is 0.455. The normalized spacial score (nSPS) is 33.3. The molecule has 0 aliphatic carbocycles. The van der Waals surface area contributed by atoms with Crippen molar-refractivity contribution in [2.45, 2.75) is 61.7 Å². The van der Waals surface area contributed by atoms with E-state index in [-0.39, 0.29) is 0 Å². The zero-order valence-corrected chi connectivity index (χ0v) is 22.2. The van der Waals surface area contributed by atoms with E-state index in [1.807, 2.05) is 0 Å². The molecule has 1 unspecified atom stereocenters. The Labute approximate surface area is 226 Å². The van der Waals surface area contributed by atoms with Gasteiger partial charge >= 0.3 is 17.7 Å². The number of carbonyl (C=O) groups is 2. The molecule has 3 aliphatic heterocycles. The molecule has 1 aromatic rings. The Kier molecular flexibility index (Phi) is 6.85. The van der Waals surface area contributed by atoms with Crippen molar-refractivity contribution in [1.82, 2.24) is 4.90 Å². The van der Waals surface area contributed by atoms with Gasteiger partial charge < -0.3 is 34.6 Å². The van der Waals surface area contributed by atoms with Crippen molar-refractivity contribution in [3.63, 3.8) is 0 Å². The van der Waals surface area contributed by atoms with Crippen LogP contribution >= 0.6 is 0 Å². The summed E-state index contributed by atoms with van der Waals surface area (Å²) in [4.78, 5) is 35.2. The maximum Gasteiger partial charge on any atom is 0.326 e. The van der Waals surface area contributed by atoms with Crippen LogP contribution in [0.15, 0.2) is 44.1 Å². The summed E-state index contributed by atoms with van der Waals surface area (Å²) in [5, 5.41) is 52.4. The van der Waals surface area contributed by atoms with Crippen LogP contribution in [0.1, 0.15) is 26.3 Å². The molecule has 17 nitrogen and oxygen atoms in total. The molecule has 3 aliphatic rings. The van der Waals surface area contributed by atoms with Gasteiger partial charge in [0.2, 0.25) is 0 Å². The summed E-state index contributed by atoms with van der Waals surface area (Å²) in [5.41, 5.74) is -4.44. The molecular formula is C22H25N5O12S. The van der Waals surface area contributed by atoms with Crippen molar-refractivity contribution in [2.24, 2.45) is 15.0 Å². The average molecular weight is 584 g/mol. The van der Waals surface area contributed by atoms with Gasteiger partial charge in [0.1, 0.15) is 12.9 Å². The van der Waals surface area contributed by atoms with Crippen molar-refractivity contribution in [3.8, 4) is 0 Å². The highest BCUT2D eigenvalue weighted by molar-refractivity contribution is 7.86. The lowest BCUT2D eigenvalue weighted by Gasteiger charge is -2.39. The molecule has 40 heavy (non-hydrogen) atoms. The van der Waals surface area contributed by atoms with Crippen molar-refractivity contribution in [2.75, 3.05) is 6.61 Å². The third kappa shape index (κ3) is 4.16. The molecule has 1 saturated heterocycles. The molecule has 18 heteroatoms. The van der Waals surface area contributed by atoms with Crippen LogP contribution in [0, 0.1) is 12.3 Å². The van der Waals surface area contributed by atoms with E-state index in [1.165, 1.54) is 12.1 Å². The largest absolute Gasteiger partial charge is 0.480 e. The first-order chi connectivity index (χ1) is 18.5. The second-order valence-electron chi connectivity index (χ2n) is 9.14. The van der Waals surface area contributed by atoms with E-state index < -0.39 is 80.4 Å². The predicted molar refractivity (Wildman–Crippen MR) is 132 cm³/mol. The summed E-state index contributed by atoms with van der Waals surface area (Å²) < 4.78 is 47.3. The highest BCUT2D eigenvalue weighted by Gasteiger charge is 2.79. The first-order valence-corrected chi connectivity index (χ1v) is 12.8. The number of amidine groups is 3. The van der Waals surface area contributed by atoms with Gasteiger partial charge in [-0.15, -0.1) is 0 Å². The number of rotatable bonds is 7. The topological polar surface area (TPSA) is 250 Å². The SMILES string of the molecule is CC(=O)OC12N=C(O)N([C@]3(C)O[C@@](CO)(OC(C)=O)[C@](O)(OS(=O)(=O)c4ccc(C)cc4)[C@H]3O)C1=NC=NC2=N. The third-order valence-electron chi connectivity index (χ3n) is 6.25. The third-order valence-corrected chi connectivity index (χ3v) is 7.58. The number of nitrogens with zero attached hydrogens (tertiary/aromatic N) is 4. The minimum Gasteiger partial charge on any atom is -0.480 e. The summed E-state index contributed by atoms with van der Waals surface area (Å²) in [6.07, 6.45) is -1.81. The van der Waals surface area contributed by atoms with Gasteiger partial charge in [0.15, 0.2) is 23.5 Å². The molecule has 4 rings (SSSR count). The molecule has 3 heterocycles. The van der Waals surface area contributed by atoms with Crippen LogP contribution in [-0.4, -0.2) is 105 Å².